The minimum atomic E-state index is 0.278. The van der Waals surface area contributed by atoms with Crippen molar-refractivity contribution in [2.45, 2.75) is 47.6 Å². The van der Waals surface area contributed by atoms with E-state index in [1.807, 2.05) is 11.3 Å². The molecule has 15 heavy (non-hydrogen) atoms. The summed E-state index contributed by atoms with van der Waals surface area (Å²) in [6.07, 6.45) is 0. The lowest BCUT2D eigenvalue weighted by molar-refractivity contribution is 0.280. The summed E-state index contributed by atoms with van der Waals surface area (Å²) in [6.45, 7) is 14.5. The molecule has 0 spiro atoms. The van der Waals surface area contributed by atoms with Crippen molar-refractivity contribution in [3.05, 3.63) is 21.4 Å². The number of aryl methyl sites for hydroxylation is 2. The number of nitrogens with one attached hydrogen (secondary N) is 1. The summed E-state index contributed by atoms with van der Waals surface area (Å²) < 4.78 is 0. The highest BCUT2D eigenvalue weighted by molar-refractivity contribution is 7.12. The van der Waals surface area contributed by atoms with Crippen molar-refractivity contribution in [1.82, 2.24) is 5.32 Å². The van der Waals surface area contributed by atoms with E-state index in [0.29, 0.717) is 6.04 Å². The first kappa shape index (κ1) is 12.7. The van der Waals surface area contributed by atoms with E-state index < -0.39 is 0 Å². The number of hydrogen-bond donors (Lipinski definition) is 1. The van der Waals surface area contributed by atoms with E-state index in [4.69, 9.17) is 0 Å². The van der Waals surface area contributed by atoms with E-state index in [1.54, 1.807) is 0 Å². The second-order valence-electron chi connectivity index (χ2n) is 5.24. The predicted octanol–water partition coefficient (Wildman–Crippen LogP) is 4.06. The molecule has 0 aliphatic carbocycles. The van der Waals surface area contributed by atoms with Gasteiger partial charge in [0, 0.05) is 15.8 Å². The second-order valence-corrected chi connectivity index (χ2v) is 6.53. The normalized spacial score (nSPS) is 14.3. The molecule has 1 atom stereocenters. The van der Waals surface area contributed by atoms with Crippen LogP contribution < -0.4 is 5.32 Å². The molecule has 1 aromatic rings. The first-order valence-electron chi connectivity index (χ1n) is 5.66. The van der Waals surface area contributed by atoms with Crippen LogP contribution in [0.5, 0.6) is 0 Å². The van der Waals surface area contributed by atoms with Gasteiger partial charge in [-0.05, 0) is 37.4 Å². The van der Waals surface area contributed by atoms with Crippen molar-refractivity contribution in [1.29, 1.82) is 0 Å². The van der Waals surface area contributed by atoms with Crippen molar-refractivity contribution in [3.63, 3.8) is 0 Å². The molecule has 0 saturated heterocycles. The van der Waals surface area contributed by atoms with Crippen LogP contribution in [0.1, 0.15) is 49.1 Å². The van der Waals surface area contributed by atoms with Crippen LogP contribution in [-0.4, -0.2) is 6.54 Å². The average molecular weight is 225 g/mol. The van der Waals surface area contributed by atoms with E-state index in [2.05, 4.69) is 52.9 Å². The molecule has 86 valence electrons. The summed E-state index contributed by atoms with van der Waals surface area (Å²) in [5.74, 6) is 0. The molecule has 1 aromatic heterocycles. The highest BCUT2D eigenvalue weighted by Crippen LogP contribution is 2.37. The van der Waals surface area contributed by atoms with E-state index >= 15 is 0 Å². The fraction of sp³-hybridized carbons (Fsp3) is 0.692. The quantitative estimate of drug-likeness (QED) is 0.818. The SMILES string of the molecule is CCNC(c1cc(C)c(C)s1)C(C)(C)C. The monoisotopic (exact) mass is 225 g/mol. The molecule has 0 aliphatic rings. The van der Waals surface area contributed by atoms with E-state index in [0.717, 1.165) is 6.54 Å². The lowest BCUT2D eigenvalue weighted by atomic mass is 9.85. The van der Waals surface area contributed by atoms with Crippen LogP contribution in [-0.2, 0) is 0 Å². The maximum Gasteiger partial charge on any atom is 0.0464 e. The third-order valence-corrected chi connectivity index (χ3v) is 3.96. The zero-order chi connectivity index (χ0) is 11.6. The summed E-state index contributed by atoms with van der Waals surface area (Å²) in [7, 11) is 0. The molecule has 0 saturated carbocycles. The second kappa shape index (κ2) is 4.67. The van der Waals surface area contributed by atoms with Gasteiger partial charge in [-0.25, -0.2) is 0 Å². The summed E-state index contributed by atoms with van der Waals surface area (Å²) in [5.41, 5.74) is 1.70. The van der Waals surface area contributed by atoms with Crippen molar-refractivity contribution in [2.75, 3.05) is 6.54 Å². The fourth-order valence-electron chi connectivity index (χ4n) is 1.78. The van der Waals surface area contributed by atoms with Gasteiger partial charge in [0.05, 0.1) is 0 Å². The van der Waals surface area contributed by atoms with Crippen LogP contribution in [0, 0.1) is 19.3 Å². The Balaban J connectivity index is 2.99. The molecule has 0 aliphatic heterocycles. The summed E-state index contributed by atoms with van der Waals surface area (Å²) in [4.78, 5) is 2.91. The molecule has 1 nitrogen and oxygen atoms in total. The van der Waals surface area contributed by atoms with Crippen LogP contribution >= 0.6 is 11.3 Å². The predicted molar refractivity (Wildman–Crippen MR) is 69.7 cm³/mol. The summed E-state index contributed by atoms with van der Waals surface area (Å²) in [6, 6.07) is 2.80. The number of thiophene rings is 1. The minimum absolute atomic E-state index is 0.278. The highest BCUT2D eigenvalue weighted by atomic mass is 32.1. The topological polar surface area (TPSA) is 12.0 Å². The van der Waals surface area contributed by atoms with Gasteiger partial charge in [0.1, 0.15) is 0 Å². The van der Waals surface area contributed by atoms with Gasteiger partial charge < -0.3 is 5.32 Å². The maximum atomic E-state index is 3.59. The Morgan fingerprint density at radius 1 is 1.33 bits per heavy atom. The Kier molecular flexibility index (Phi) is 3.96. The third kappa shape index (κ3) is 3.05. The van der Waals surface area contributed by atoms with Crippen LogP contribution in [0.25, 0.3) is 0 Å². The maximum absolute atomic E-state index is 3.59. The molecular weight excluding hydrogens is 202 g/mol. The van der Waals surface area contributed by atoms with Gasteiger partial charge in [-0.1, -0.05) is 27.7 Å². The Labute approximate surface area is 97.9 Å². The molecule has 1 unspecified atom stereocenters. The number of rotatable bonds is 3. The molecule has 0 fully saturated rings. The molecule has 1 rings (SSSR count). The smallest absolute Gasteiger partial charge is 0.0464 e. The highest BCUT2D eigenvalue weighted by Gasteiger charge is 2.26. The van der Waals surface area contributed by atoms with Gasteiger partial charge in [-0.15, -0.1) is 11.3 Å². The standard InChI is InChI=1S/C13H23NS/c1-7-14-12(13(4,5)6)11-8-9(2)10(3)15-11/h8,12,14H,7H2,1-6H3. The first-order chi connectivity index (χ1) is 6.86. The Morgan fingerprint density at radius 3 is 2.27 bits per heavy atom. The van der Waals surface area contributed by atoms with Crippen LogP contribution in [0.2, 0.25) is 0 Å². The van der Waals surface area contributed by atoms with E-state index in [-0.39, 0.29) is 5.41 Å². The van der Waals surface area contributed by atoms with Crippen LogP contribution in [0.3, 0.4) is 0 Å². The van der Waals surface area contributed by atoms with Crippen molar-refractivity contribution < 1.29 is 0 Å². The third-order valence-electron chi connectivity index (χ3n) is 2.74. The lowest BCUT2D eigenvalue weighted by Gasteiger charge is -2.30. The molecule has 0 aromatic carbocycles. The summed E-state index contributed by atoms with van der Waals surface area (Å²) in [5, 5.41) is 3.59. The Morgan fingerprint density at radius 2 is 1.93 bits per heavy atom. The largest absolute Gasteiger partial charge is 0.309 e. The van der Waals surface area contributed by atoms with E-state index in [1.165, 1.54) is 15.3 Å². The molecule has 1 N–H and O–H groups in total. The van der Waals surface area contributed by atoms with Crippen molar-refractivity contribution in [2.24, 2.45) is 5.41 Å². The minimum Gasteiger partial charge on any atom is -0.309 e. The van der Waals surface area contributed by atoms with Crippen molar-refractivity contribution in [3.8, 4) is 0 Å². The zero-order valence-electron chi connectivity index (χ0n) is 10.8. The van der Waals surface area contributed by atoms with Gasteiger partial charge in [-0.3, -0.25) is 0 Å². The summed E-state index contributed by atoms with van der Waals surface area (Å²) >= 11 is 1.93. The van der Waals surface area contributed by atoms with Gasteiger partial charge in [0.2, 0.25) is 0 Å². The Hall–Kier alpha value is -0.340. The lowest BCUT2D eigenvalue weighted by Crippen LogP contribution is -2.31. The molecule has 0 radical (unpaired) electrons. The van der Waals surface area contributed by atoms with E-state index in [9.17, 15) is 0 Å². The van der Waals surface area contributed by atoms with Gasteiger partial charge >= 0.3 is 0 Å². The van der Waals surface area contributed by atoms with Gasteiger partial charge in [0.15, 0.2) is 0 Å². The van der Waals surface area contributed by atoms with Crippen LogP contribution in [0.15, 0.2) is 6.07 Å². The van der Waals surface area contributed by atoms with Gasteiger partial charge in [-0.2, -0.15) is 0 Å². The molecule has 0 bridgehead atoms. The van der Waals surface area contributed by atoms with Crippen molar-refractivity contribution >= 4 is 11.3 Å². The average Bonchev–Trinajstić information content (AvgIpc) is 2.40. The van der Waals surface area contributed by atoms with Gasteiger partial charge in [0.25, 0.3) is 0 Å². The Bertz CT molecular complexity index is 300. The molecular formula is C13H23NS. The molecule has 1 heterocycles. The molecule has 0 amide bonds. The fourth-order valence-corrected chi connectivity index (χ4v) is 3.15. The first-order valence-corrected chi connectivity index (χ1v) is 6.48. The zero-order valence-corrected chi connectivity index (χ0v) is 11.6. The number of hydrogen-bond acceptors (Lipinski definition) is 2. The van der Waals surface area contributed by atoms with Crippen LogP contribution in [0.4, 0.5) is 0 Å². The molecule has 2 heteroatoms.